The van der Waals surface area contributed by atoms with E-state index in [1.54, 1.807) is 42.5 Å². The van der Waals surface area contributed by atoms with Gasteiger partial charge in [0, 0.05) is 17.3 Å². The minimum absolute atomic E-state index is 0.133. The lowest BCUT2D eigenvalue weighted by atomic mass is 10.1. The maximum absolute atomic E-state index is 12.3. The predicted molar refractivity (Wildman–Crippen MR) is 93.3 cm³/mol. The Morgan fingerprint density at radius 2 is 1.67 bits per heavy atom. The van der Waals surface area contributed by atoms with Gasteiger partial charge < -0.3 is 5.32 Å². The lowest BCUT2D eigenvalue weighted by Gasteiger charge is -2.13. The summed E-state index contributed by atoms with van der Waals surface area (Å²) in [6.45, 7) is 2.01. The zero-order valence-electron chi connectivity index (χ0n) is 13.4. The number of amides is 1. The van der Waals surface area contributed by atoms with Gasteiger partial charge in [-0.25, -0.2) is 8.42 Å². The van der Waals surface area contributed by atoms with Crippen molar-refractivity contribution in [2.24, 2.45) is 5.92 Å². The van der Waals surface area contributed by atoms with Crippen LogP contribution >= 0.6 is 0 Å². The second-order valence-corrected chi connectivity index (χ2v) is 7.78. The minimum Gasteiger partial charge on any atom is -0.349 e. The summed E-state index contributed by atoms with van der Waals surface area (Å²) in [6.07, 6.45) is 2.34. The van der Waals surface area contributed by atoms with E-state index in [4.69, 9.17) is 0 Å². The molecule has 0 saturated heterocycles. The zero-order valence-corrected chi connectivity index (χ0v) is 14.2. The van der Waals surface area contributed by atoms with E-state index < -0.39 is 10.0 Å². The number of carbonyl (C=O) groups excluding carboxylic acids is 1. The second kappa shape index (κ2) is 6.65. The quantitative estimate of drug-likeness (QED) is 0.846. The molecular formula is C18H20N2O3S. The van der Waals surface area contributed by atoms with Crippen molar-refractivity contribution in [1.82, 2.24) is 5.32 Å². The van der Waals surface area contributed by atoms with E-state index >= 15 is 0 Å². The highest BCUT2D eigenvalue weighted by atomic mass is 32.2. The van der Waals surface area contributed by atoms with E-state index in [9.17, 15) is 13.2 Å². The summed E-state index contributed by atoms with van der Waals surface area (Å²) in [5, 5.41) is 2.97. The molecule has 0 aromatic heterocycles. The molecule has 1 atom stereocenters. The van der Waals surface area contributed by atoms with Crippen molar-refractivity contribution in [3.05, 3.63) is 60.2 Å². The number of carbonyl (C=O) groups is 1. The normalized spacial score (nSPS) is 15.5. The van der Waals surface area contributed by atoms with Gasteiger partial charge in [0.15, 0.2) is 0 Å². The molecule has 3 rings (SSSR count). The molecule has 24 heavy (non-hydrogen) atoms. The van der Waals surface area contributed by atoms with Crippen molar-refractivity contribution in [2.45, 2.75) is 30.7 Å². The van der Waals surface area contributed by atoms with E-state index in [1.165, 1.54) is 25.0 Å². The van der Waals surface area contributed by atoms with Crippen molar-refractivity contribution < 1.29 is 13.2 Å². The van der Waals surface area contributed by atoms with Gasteiger partial charge in [-0.2, -0.15) is 0 Å². The first-order valence-electron chi connectivity index (χ1n) is 7.94. The molecule has 1 fully saturated rings. The Morgan fingerprint density at radius 1 is 1.04 bits per heavy atom. The first-order valence-corrected chi connectivity index (χ1v) is 9.43. The van der Waals surface area contributed by atoms with Crippen molar-refractivity contribution in [2.75, 3.05) is 4.72 Å². The molecule has 0 heterocycles. The van der Waals surface area contributed by atoms with Gasteiger partial charge in [-0.05, 0) is 62.1 Å². The third-order valence-corrected chi connectivity index (χ3v) is 5.54. The fourth-order valence-electron chi connectivity index (χ4n) is 2.51. The Morgan fingerprint density at radius 3 is 2.25 bits per heavy atom. The molecule has 1 saturated carbocycles. The molecule has 2 aromatic rings. The third kappa shape index (κ3) is 3.94. The van der Waals surface area contributed by atoms with E-state index in [0.29, 0.717) is 17.2 Å². The van der Waals surface area contributed by atoms with Crippen LogP contribution in [-0.2, 0) is 10.0 Å². The highest BCUT2D eigenvalue weighted by Gasteiger charge is 2.29. The Balaban J connectivity index is 1.67. The molecule has 1 aliphatic rings. The van der Waals surface area contributed by atoms with Crippen LogP contribution in [0.4, 0.5) is 5.69 Å². The molecule has 2 aromatic carbocycles. The Labute approximate surface area is 142 Å². The van der Waals surface area contributed by atoms with E-state index in [-0.39, 0.29) is 16.8 Å². The van der Waals surface area contributed by atoms with Gasteiger partial charge in [0.2, 0.25) is 0 Å². The van der Waals surface area contributed by atoms with Crippen LogP contribution in [0.1, 0.15) is 30.1 Å². The summed E-state index contributed by atoms with van der Waals surface area (Å²) < 4.78 is 27.0. The van der Waals surface area contributed by atoms with Crippen LogP contribution in [0.15, 0.2) is 59.5 Å². The Hall–Kier alpha value is -2.34. The van der Waals surface area contributed by atoms with Gasteiger partial charge in [0.1, 0.15) is 0 Å². The van der Waals surface area contributed by atoms with Crippen LogP contribution in [-0.4, -0.2) is 20.4 Å². The molecule has 0 spiro atoms. The maximum atomic E-state index is 12.3. The fraction of sp³-hybridized carbons (Fsp3) is 0.278. The average molecular weight is 344 g/mol. The highest BCUT2D eigenvalue weighted by molar-refractivity contribution is 7.92. The molecule has 1 aliphatic carbocycles. The fourth-order valence-corrected chi connectivity index (χ4v) is 3.59. The number of sulfonamides is 1. The highest BCUT2D eigenvalue weighted by Crippen LogP contribution is 2.32. The smallest absolute Gasteiger partial charge is 0.261 e. The summed E-state index contributed by atoms with van der Waals surface area (Å²) in [5.41, 5.74) is 0.941. The molecule has 6 heteroatoms. The number of hydrogen-bond acceptors (Lipinski definition) is 3. The number of benzene rings is 2. The van der Waals surface area contributed by atoms with E-state index in [0.717, 1.165) is 0 Å². The first kappa shape index (κ1) is 16.5. The van der Waals surface area contributed by atoms with Crippen LogP contribution in [0.5, 0.6) is 0 Å². The summed E-state index contributed by atoms with van der Waals surface area (Å²) in [7, 11) is -3.62. The molecule has 0 aliphatic heterocycles. The lowest BCUT2D eigenvalue weighted by Crippen LogP contribution is -2.33. The molecule has 5 nitrogen and oxygen atoms in total. The summed E-state index contributed by atoms with van der Waals surface area (Å²) in [4.78, 5) is 12.4. The van der Waals surface area contributed by atoms with Gasteiger partial charge in [-0.3, -0.25) is 9.52 Å². The van der Waals surface area contributed by atoms with Crippen molar-refractivity contribution in [1.29, 1.82) is 0 Å². The lowest BCUT2D eigenvalue weighted by molar-refractivity contribution is 0.0936. The molecule has 0 radical (unpaired) electrons. The van der Waals surface area contributed by atoms with Crippen LogP contribution < -0.4 is 10.0 Å². The first-order chi connectivity index (χ1) is 11.5. The van der Waals surface area contributed by atoms with E-state index in [2.05, 4.69) is 10.0 Å². The monoisotopic (exact) mass is 344 g/mol. The van der Waals surface area contributed by atoms with Crippen LogP contribution in [0, 0.1) is 5.92 Å². The van der Waals surface area contributed by atoms with Crippen LogP contribution in [0.3, 0.4) is 0 Å². The summed E-state index contributed by atoms with van der Waals surface area (Å²) in [6, 6.07) is 14.8. The summed E-state index contributed by atoms with van der Waals surface area (Å²) in [5.74, 6) is 0.456. The number of nitrogens with one attached hydrogen (secondary N) is 2. The molecule has 126 valence electrons. The Kier molecular flexibility index (Phi) is 4.57. The number of anilines is 1. The van der Waals surface area contributed by atoms with Gasteiger partial charge >= 0.3 is 0 Å². The van der Waals surface area contributed by atoms with Gasteiger partial charge in [0.05, 0.1) is 4.90 Å². The van der Waals surface area contributed by atoms with Crippen LogP contribution in [0.2, 0.25) is 0 Å². The van der Waals surface area contributed by atoms with Crippen LogP contribution in [0.25, 0.3) is 0 Å². The van der Waals surface area contributed by atoms with Gasteiger partial charge in [-0.15, -0.1) is 0 Å². The third-order valence-electron chi connectivity index (χ3n) is 4.14. The maximum Gasteiger partial charge on any atom is 0.261 e. The Bertz CT molecular complexity index is 813. The standard InChI is InChI=1S/C18H20N2O3S/c1-13(14-7-8-14)19-18(21)15-9-11-16(12-10-15)20-24(22,23)17-5-3-2-4-6-17/h2-6,9-14,20H,7-8H2,1H3,(H,19,21)/t13-/m1/s1. The average Bonchev–Trinajstić information content (AvgIpc) is 3.41. The molecule has 0 unspecified atom stereocenters. The molecular weight excluding hydrogens is 324 g/mol. The molecule has 0 bridgehead atoms. The largest absolute Gasteiger partial charge is 0.349 e. The molecule has 1 amide bonds. The predicted octanol–water partition coefficient (Wildman–Crippen LogP) is 3.02. The molecule has 2 N–H and O–H groups in total. The minimum atomic E-state index is -3.62. The van der Waals surface area contributed by atoms with Crippen molar-refractivity contribution in [3.63, 3.8) is 0 Å². The van der Waals surface area contributed by atoms with Crippen molar-refractivity contribution >= 4 is 21.6 Å². The summed E-state index contributed by atoms with van der Waals surface area (Å²) >= 11 is 0. The van der Waals surface area contributed by atoms with Crippen molar-refractivity contribution in [3.8, 4) is 0 Å². The topological polar surface area (TPSA) is 75.3 Å². The zero-order chi connectivity index (χ0) is 17.2. The number of rotatable bonds is 6. The van der Waals surface area contributed by atoms with Gasteiger partial charge in [-0.1, -0.05) is 18.2 Å². The second-order valence-electron chi connectivity index (χ2n) is 6.10. The number of hydrogen-bond donors (Lipinski definition) is 2. The SMILES string of the molecule is C[C@@H](NC(=O)c1ccc(NS(=O)(=O)c2ccccc2)cc1)C1CC1. The van der Waals surface area contributed by atoms with E-state index in [1.807, 2.05) is 6.92 Å². The van der Waals surface area contributed by atoms with Gasteiger partial charge in [0.25, 0.3) is 15.9 Å².